The van der Waals surface area contributed by atoms with Gasteiger partial charge in [-0.25, -0.2) is 9.18 Å². The molecule has 0 aliphatic carbocycles. The highest BCUT2D eigenvalue weighted by molar-refractivity contribution is 5.95. The second kappa shape index (κ2) is 13.4. The monoisotopic (exact) mass is 657 g/mol. The first-order chi connectivity index (χ1) is 22.8. The molecule has 2 aliphatic heterocycles. The normalized spacial score (nSPS) is 19.1. The maximum absolute atomic E-state index is 16.2. The molecular formula is C38H48FN5O4. The molecule has 2 aromatic heterocycles. The third kappa shape index (κ3) is 7.28. The number of aryl methyl sites for hydroxylation is 1. The topological polar surface area (TPSA) is 93.0 Å². The van der Waals surface area contributed by atoms with Crippen molar-refractivity contribution in [3.63, 3.8) is 0 Å². The number of nitrogens with zero attached hydrogens (tertiary/aromatic N) is 5. The summed E-state index contributed by atoms with van der Waals surface area (Å²) in [5.74, 6) is 0.412. The number of hydrogen-bond donors (Lipinski definition) is 1. The number of fused-ring (bicyclic) bond motifs is 1. The first-order valence-electron chi connectivity index (χ1n) is 17.0. The van der Waals surface area contributed by atoms with Crippen molar-refractivity contribution in [2.45, 2.75) is 72.0 Å². The zero-order chi connectivity index (χ0) is 34.2. The molecule has 1 unspecified atom stereocenters. The molecule has 2 aliphatic rings. The van der Waals surface area contributed by atoms with Crippen molar-refractivity contribution in [1.82, 2.24) is 24.6 Å². The van der Waals surface area contributed by atoms with Gasteiger partial charge in [-0.05, 0) is 87.6 Å². The molecule has 0 radical (unpaired) electrons. The maximum Gasteiger partial charge on any atom is 0.410 e. The molecule has 1 amide bonds. The number of rotatable bonds is 7. The molecule has 1 N–H and O–H groups in total. The average molecular weight is 658 g/mol. The number of pyridine rings is 1. The summed E-state index contributed by atoms with van der Waals surface area (Å²) in [6.45, 7) is 14.7. The average Bonchev–Trinajstić information content (AvgIpc) is 3.37. The zero-order valence-electron chi connectivity index (χ0n) is 29.0. The summed E-state index contributed by atoms with van der Waals surface area (Å²) < 4.78 is 29.2. The van der Waals surface area contributed by atoms with Gasteiger partial charge in [0.1, 0.15) is 23.4 Å². The van der Waals surface area contributed by atoms with Gasteiger partial charge in [-0.2, -0.15) is 10.1 Å². The number of benzene rings is 2. The molecule has 10 heteroatoms. The van der Waals surface area contributed by atoms with E-state index in [9.17, 15) is 9.90 Å². The largest absolute Gasteiger partial charge is 0.493 e. The van der Waals surface area contributed by atoms with E-state index >= 15 is 4.39 Å². The second-order valence-corrected chi connectivity index (χ2v) is 15.1. The van der Waals surface area contributed by atoms with E-state index < -0.39 is 5.60 Å². The van der Waals surface area contributed by atoms with Gasteiger partial charge in [-0.3, -0.25) is 4.68 Å². The molecule has 4 heterocycles. The molecule has 0 spiro atoms. The smallest absolute Gasteiger partial charge is 0.410 e. The SMILES string of the molecule is Cn1nc(-c2ccc(OCc3ccccc3)nc2O)c2ccc(C3CCN(CC4CCN(C(=O)OC(C)(C)C)CC4(C)C)CC3)c(F)c21. The second-order valence-electron chi connectivity index (χ2n) is 15.1. The third-order valence-corrected chi connectivity index (χ3v) is 9.92. The molecule has 0 saturated carbocycles. The molecule has 9 nitrogen and oxygen atoms in total. The molecule has 256 valence electrons. The van der Waals surface area contributed by atoms with Gasteiger partial charge in [0.15, 0.2) is 5.82 Å². The van der Waals surface area contributed by atoms with E-state index in [0.717, 1.165) is 50.0 Å². The van der Waals surface area contributed by atoms with E-state index in [-0.39, 0.29) is 29.1 Å². The molecule has 6 rings (SSSR count). The number of piperidine rings is 2. The van der Waals surface area contributed by atoms with Crippen LogP contribution in [-0.2, 0) is 18.4 Å². The van der Waals surface area contributed by atoms with Crippen LogP contribution in [0.1, 0.15) is 70.9 Å². The van der Waals surface area contributed by atoms with Gasteiger partial charge in [0.25, 0.3) is 0 Å². The summed E-state index contributed by atoms with van der Waals surface area (Å²) >= 11 is 0. The molecule has 2 fully saturated rings. The van der Waals surface area contributed by atoms with E-state index in [0.29, 0.717) is 53.7 Å². The van der Waals surface area contributed by atoms with Crippen LogP contribution < -0.4 is 4.74 Å². The van der Waals surface area contributed by atoms with Gasteiger partial charge >= 0.3 is 6.09 Å². The third-order valence-electron chi connectivity index (χ3n) is 9.92. The molecule has 48 heavy (non-hydrogen) atoms. The summed E-state index contributed by atoms with van der Waals surface area (Å²) in [5, 5.41) is 16.1. The van der Waals surface area contributed by atoms with Crippen LogP contribution in [0.2, 0.25) is 0 Å². The molecule has 4 aromatic rings. The van der Waals surface area contributed by atoms with Crippen molar-refractivity contribution in [2.24, 2.45) is 18.4 Å². The van der Waals surface area contributed by atoms with Crippen LogP contribution in [0, 0.1) is 17.2 Å². The lowest BCUT2D eigenvalue weighted by molar-refractivity contribution is -0.0113. The fraction of sp³-hybridized carbons (Fsp3) is 0.500. The van der Waals surface area contributed by atoms with Crippen LogP contribution >= 0.6 is 0 Å². The summed E-state index contributed by atoms with van der Waals surface area (Å²) in [6, 6.07) is 17.0. The number of hydrogen-bond acceptors (Lipinski definition) is 7. The number of aromatic nitrogens is 3. The number of ether oxygens (including phenoxy) is 2. The van der Waals surface area contributed by atoms with Crippen molar-refractivity contribution < 1.29 is 23.8 Å². The lowest BCUT2D eigenvalue weighted by Crippen LogP contribution is -2.52. The van der Waals surface area contributed by atoms with E-state index in [1.807, 2.05) is 68.1 Å². The Balaban J connectivity index is 1.09. The minimum absolute atomic E-state index is 0.0279. The molecule has 0 bridgehead atoms. The Labute approximate surface area is 282 Å². The minimum atomic E-state index is -0.503. The van der Waals surface area contributed by atoms with Crippen molar-refractivity contribution in [3.05, 3.63) is 71.5 Å². The molecule has 2 saturated heterocycles. The van der Waals surface area contributed by atoms with E-state index in [4.69, 9.17) is 9.47 Å². The van der Waals surface area contributed by atoms with E-state index in [2.05, 4.69) is 28.8 Å². The number of carbonyl (C=O) groups excluding carboxylic acids is 1. The predicted octanol–water partition coefficient (Wildman–Crippen LogP) is 7.52. The van der Waals surface area contributed by atoms with Crippen molar-refractivity contribution >= 4 is 17.0 Å². The Morgan fingerprint density at radius 2 is 1.75 bits per heavy atom. The van der Waals surface area contributed by atoms with Gasteiger partial charge in [0, 0.05) is 38.1 Å². The van der Waals surface area contributed by atoms with Crippen LogP contribution in [0.4, 0.5) is 9.18 Å². The summed E-state index contributed by atoms with van der Waals surface area (Å²) in [7, 11) is 1.74. The minimum Gasteiger partial charge on any atom is -0.493 e. The van der Waals surface area contributed by atoms with Crippen molar-refractivity contribution in [2.75, 3.05) is 32.7 Å². The highest BCUT2D eigenvalue weighted by Gasteiger charge is 2.40. The highest BCUT2D eigenvalue weighted by atomic mass is 19.1. The fourth-order valence-electron chi connectivity index (χ4n) is 7.24. The first kappa shape index (κ1) is 33.7. The highest BCUT2D eigenvalue weighted by Crippen LogP contribution is 2.40. The van der Waals surface area contributed by atoms with E-state index in [1.54, 1.807) is 23.9 Å². The first-order valence-corrected chi connectivity index (χ1v) is 17.0. The standard InChI is InChI=1S/C38H48FN5O4/c1-37(2,3)48-36(46)44-21-18-27(38(4,5)24-44)22-43-19-16-26(17-20-43)28-12-13-29-33(41-42(6)34(29)32(28)39)30-14-15-31(40-35(30)45)47-23-25-10-8-7-9-11-25/h7-15,26-27H,16-24H2,1-6H3,(H,40,45). The summed E-state index contributed by atoms with van der Waals surface area (Å²) in [5.41, 5.74) is 2.51. The van der Waals surface area contributed by atoms with Crippen LogP contribution in [0.3, 0.4) is 0 Å². The van der Waals surface area contributed by atoms with Gasteiger partial charge < -0.3 is 24.4 Å². The van der Waals surface area contributed by atoms with Crippen LogP contribution in [0.25, 0.3) is 22.2 Å². The van der Waals surface area contributed by atoms with Gasteiger partial charge in [0.05, 0.1) is 5.56 Å². The van der Waals surface area contributed by atoms with Crippen molar-refractivity contribution in [1.29, 1.82) is 0 Å². The van der Waals surface area contributed by atoms with Gasteiger partial charge in [-0.15, -0.1) is 0 Å². The van der Waals surface area contributed by atoms with Crippen LogP contribution in [-0.4, -0.2) is 74.1 Å². The van der Waals surface area contributed by atoms with Gasteiger partial charge in [-0.1, -0.05) is 56.3 Å². The van der Waals surface area contributed by atoms with Crippen molar-refractivity contribution in [3.8, 4) is 23.0 Å². The predicted molar refractivity (Wildman–Crippen MR) is 184 cm³/mol. The Kier molecular flexibility index (Phi) is 9.40. The number of halogens is 1. The lowest BCUT2D eigenvalue weighted by Gasteiger charge is -2.46. The Morgan fingerprint density at radius 1 is 1.02 bits per heavy atom. The fourth-order valence-corrected chi connectivity index (χ4v) is 7.24. The van der Waals surface area contributed by atoms with Crippen LogP contribution in [0.5, 0.6) is 11.8 Å². The molecular weight excluding hydrogens is 609 g/mol. The molecule has 1 atom stereocenters. The number of aromatic hydroxyl groups is 1. The quantitative estimate of drug-likeness (QED) is 0.220. The summed E-state index contributed by atoms with van der Waals surface area (Å²) in [4.78, 5) is 21.3. The molecule has 2 aromatic carbocycles. The Hall–Kier alpha value is -4.18. The van der Waals surface area contributed by atoms with Crippen LogP contribution in [0.15, 0.2) is 54.6 Å². The number of likely N-dealkylation sites (tertiary alicyclic amines) is 2. The Bertz CT molecular complexity index is 1760. The lowest BCUT2D eigenvalue weighted by atomic mass is 9.73. The van der Waals surface area contributed by atoms with Gasteiger partial charge in [0.2, 0.25) is 11.8 Å². The summed E-state index contributed by atoms with van der Waals surface area (Å²) in [6.07, 6.45) is 2.46. The maximum atomic E-state index is 16.2. The number of carbonyl (C=O) groups is 1. The number of amides is 1. The zero-order valence-corrected chi connectivity index (χ0v) is 29.0. The van der Waals surface area contributed by atoms with E-state index in [1.165, 1.54) is 0 Å². The Morgan fingerprint density at radius 3 is 2.42 bits per heavy atom.